The summed E-state index contributed by atoms with van der Waals surface area (Å²) in [7, 11) is 0. The number of nitrogens with one attached hydrogen (secondary N) is 2. The van der Waals surface area contributed by atoms with Crippen LogP contribution < -0.4 is 10.6 Å². The highest BCUT2D eigenvalue weighted by Crippen LogP contribution is 2.30. The zero-order chi connectivity index (χ0) is 20.9. The minimum Gasteiger partial charge on any atom is -0.376 e. The molecule has 1 aromatic carbocycles. The van der Waals surface area contributed by atoms with E-state index >= 15 is 0 Å². The summed E-state index contributed by atoms with van der Waals surface area (Å²) >= 11 is 0. The molecule has 0 bridgehead atoms. The van der Waals surface area contributed by atoms with Crippen LogP contribution in [0, 0.1) is 0 Å². The molecular weight excluding hydrogens is 385 g/mol. The van der Waals surface area contributed by atoms with Crippen LogP contribution in [0.1, 0.15) is 28.8 Å². The molecule has 2 aromatic rings. The number of nitrogens with zero attached hydrogens (tertiary/aromatic N) is 2. The third-order valence-corrected chi connectivity index (χ3v) is 4.74. The highest BCUT2D eigenvalue weighted by atomic mass is 19.4. The normalized spacial score (nSPS) is 15.1. The number of anilines is 1. The standard InChI is InChI=1S/C20H21F3N4O2/c21-20(22,23)15-4-1-5-17(11-15)25-13-18(28)27-9-6-16(7-10-27)26-19(29)14-3-2-8-24-12-14/h1-5,8,11-12,16,25H,6-7,9-10,13H2,(H,26,29). The van der Waals surface area contributed by atoms with E-state index < -0.39 is 11.7 Å². The van der Waals surface area contributed by atoms with Gasteiger partial charge in [-0.15, -0.1) is 0 Å². The molecule has 3 rings (SSSR count). The van der Waals surface area contributed by atoms with Crippen molar-refractivity contribution in [3.05, 3.63) is 59.9 Å². The monoisotopic (exact) mass is 406 g/mol. The molecule has 6 nitrogen and oxygen atoms in total. The Hall–Kier alpha value is -3.10. The zero-order valence-electron chi connectivity index (χ0n) is 15.6. The Morgan fingerprint density at radius 3 is 2.55 bits per heavy atom. The Labute approximate surface area is 166 Å². The number of carbonyl (C=O) groups excluding carboxylic acids is 2. The Kier molecular flexibility index (Phi) is 6.36. The number of piperidine rings is 1. The Morgan fingerprint density at radius 1 is 1.14 bits per heavy atom. The topological polar surface area (TPSA) is 74.3 Å². The van der Waals surface area contributed by atoms with E-state index in [-0.39, 0.29) is 30.1 Å². The number of amides is 2. The van der Waals surface area contributed by atoms with Crippen LogP contribution in [0.4, 0.5) is 18.9 Å². The van der Waals surface area contributed by atoms with E-state index in [0.29, 0.717) is 31.5 Å². The van der Waals surface area contributed by atoms with Gasteiger partial charge in [0.2, 0.25) is 5.91 Å². The largest absolute Gasteiger partial charge is 0.416 e. The van der Waals surface area contributed by atoms with Gasteiger partial charge in [-0.2, -0.15) is 13.2 Å². The fraction of sp³-hybridized carbons (Fsp3) is 0.350. The van der Waals surface area contributed by atoms with Crippen LogP contribution in [0.2, 0.25) is 0 Å². The van der Waals surface area contributed by atoms with Crippen molar-refractivity contribution in [3.63, 3.8) is 0 Å². The molecule has 29 heavy (non-hydrogen) atoms. The summed E-state index contributed by atoms with van der Waals surface area (Å²) in [6.45, 7) is 0.857. The first-order chi connectivity index (χ1) is 13.8. The number of hydrogen-bond acceptors (Lipinski definition) is 4. The predicted molar refractivity (Wildman–Crippen MR) is 101 cm³/mol. The van der Waals surface area contributed by atoms with Crippen molar-refractivity contribution in [2.45, 2.75) is 25.1 Å². The first kappa shape index (κ1) is 20.6. The molecule has 0 unspecified atom stereocenters. The molecule has 0 aliphatic carbocycles. The van der Waals surface area contributed by atoms with Crippen LogP contribution in [0.15, 0.2) is 48.8 Å². The van der Waals surface area contributed by atoms with E-state index in [2.05, 4.69) is 15.6 Å². The van der Waals surface area contributed by atoms with E-state index in [1.165, 1.54) is 18.3 Å². The van der Waals surface area contributed by atoms with Crippen molar-refractivity contribution in [1.29, 1.82) is 0 Å². The van der Waals surface area contributed by atoms with Gasteiger partial charge in [0.1, 0.15) is 0 Å². The molecule has 154 valence electrons. The highest BCUT2D eigenvalue weighted by Gasteiger charge is 2.30. The lowest BCUT2D eigenvalue weighted by molar-refractivity contribution is -0.137. The summed E-state index contributed by atoms with van der Waals surface area (Å²) in [4.78, 5) is 30.1. The average Bonchev–Trinajstić information content (AvgIpc) is 2.73. The van der Waals surface area contributed by atoms with Crippen molar-refractivity contribution in [1.82, 2.24) is 15.2 Å². The molecule has 1 fully saturated rings. The fourth-order valence-electron chi connectivity index (χ4n) is 3.13. The van der Waals surface area contributed by atoms with Crippen molar-refractivity contribution in [3.8, 4) is 0 Å². The minimum atomic E-state index is -4.43. The number of likely N-dealkylation sites (tertiary alicyclic amines) is 1. The lowest BCUT2D eigenvalue weighted by Crippen LogP contribution is -2.47. The molecule has 2 N–H and O–H groups in total. The number of benzene rings is 1. The van der Waals surface area contributed by atoms with Gasteiger partial charge in [0.25, 0.3) is 5.91 Å². The molecule has 9 heteroatoms. The number of alkyl halides is 3. The number of halogens is 3. The maximum atomic E-state index is 12.8. The molecule has 0 radical (unpaired) electrons. The molecule has 1 aromatic heterocycles. The van der Waals surface area contributed by atoms with Crippen LogP contribution in [0.25, 0.3) is 0 Å². The third-order valence-electron chi connectivity index (χ3n) is 4.74. The maximum Gasteiger partial charge on any atom is 0.416 e. The van der Waals surface area contributed by atoms with Gasteiger partial charge >= 0.3 is 6.18 Å². The molecule has 0 spiro atoms. The summed E-state index contributed by atoms with van der Waals surface area (Å²) in [5.74, 6) is -0.395. The molecule has 1 aliphatic rings. The minimum absolute atomic E-state index is 0.0387. The summed E-state index contributed by atoms with van der Waals surface area (Å²) < 4.78 is 38.3. The van der Waals surface area contributed by atoms with E-state index in [1.807, 2.05) is 0 Å². The number of carbonyl (C=O) groups is 2. The van der Waals surface area contributed by atoms with Crippen LogP contribution in [-0.4, -0.2) is 47.4 Å². The molecule has 1 saturated heterocycles. The van der Waals surface area contributed by atoms with Gasteiger partial charge in [0, 0.05) is 37.2 Å². The third kappa shape index (κ3) is 5.69. The quantitative estimate of drug-likeness (QED) is 0.801. The van der Waals surface area contributed by atoms with Gasteiger partial charge in [0.05, 0.1) is 17.7 Å². The number of pyridine rings is 1. The van der Waals surface area contributed by atoms with Crippen LogP contribution in [-0.2, 0) is 11.0 Å². The first-order valence-corrected chi connectivity index (χ1v) is 9.23. The lowest BCUT2D eigenvalue weighted by Gasteiger charge is -2.32. The fourth-order valence-corrected chi connectivity index (χ4v) is 3.13. The number of hydrogen-bond donors (Lipinski definition) is 2. The molecule has 0 saturated carbocycles. The van der Waals surface area contributed by atoms with Gasteiger partial charge in [-0.05, 0) is 43.2 Å². The summed E-state index contributed by atoms with van der Waals surface area (Å²) in [6.07, 6.45) is -0.117. The summed E-state index contributed by atoms with van der Waals surface area (Å²) in [6, 6.07) is 8.08. The Bertz CT molecular complexity index is 850. The average molecular weight is 406 g/mol. The predicted octanol–water partition coefficient (Wildman–Crippen LogP) is 2.93. The maximum absolute atomic E-state index is 12.8. The molecule has 2 heterocycles. The van der Waals surface area contributed by atoms with Crippen molar-refractivity contribution >= 4 is 17.5 Å². The Balaban J connectivity index is 1.45. The van der Waals surface area contributed by atoms with E-state index in [9.17, 15) is 22.8 Å². The molecular formula is C20H21F3N4O2. The zero-order valence-corrected chi connectivity index (χ0v) is 15.6. The first-order valence-electron chi connectivity index (χ1n) is 9.23. The van der Waals surface area contributed by atoms with Crippen LogP contribution in [0.5, 0.6) is 0 Å². The number of rotatable bonds is 5. The highest BCUT2D eigenvalue weighted by molar-refractivity contribution is 5.94. The van der Waals surface area contributed by atoms with Gasteiger partial charge < -0.3 is 15.5 Å². The van der Waals surface area contributed by atoms with Gasteiger partial charge in [-0.3, -0.25) is 14.6 Å². The second-order valence-electron chi connectivity index (χ2n) is 6.80. The van der Waals surface area contributed by atoms with Crippen LogP contribution >= 0.6 is 0 Å². The van der Waals surface area contributed by atoms with E-state index in [0.717, 1.165) is 12.1 Å². The van der Waals surface area contributed by atoms with Gasteiger partial charge in [-0.1, -0.05) is 6.07 Å². The Morgan fingerprint density at radius 2 is 1.90 bits per heavy atom. The van der Waals surface area contributed by atoms with Crippen molar-refractivity contribution in [2.24, 2.45) is 0 Å². The molecule has 0 atom stereocenters. The van der Waals surface area contributed by atoms with E-state index in [4.69, 9.17) is 0 Å². The van der Waals surface area contributed by atoms with Gasteiger partial charge in [-0.25, -0.2) is 0 Å². The summed E-state index contributed by atoms with van der Waals surface area (Å²) in [5, 5.41) is 5.68. The smallest absolute Gasteiger partial charge is 0.376 e. The lowest BCUT2D eigenvalue weighted by atomic mass is 10.0. The SMILES string of the molecule is O=C(NC1CCN(C(=O)CNc2cccc(C(F)(F)F)c2)CC1)c1cccnc1. The van der Waals surface area contributed by atoms with Crippen molar-refractivity contribution < 1.29 is 22.8 Å². The second kappa shape index (κ2) is 8.93. The second-order valence-corrected chi connectivity index (χ2v) is 6.80. The van der Waals surface area contributed by atoms with Gasteiger partial charge in [0.15, 0.2) is 0 Å². The number of aromatic nitrogens is 1. The van der Waals surface area contributed by atoms with E-state index in [1.54, 1.807) is 23.2 Å². The summed E-state index contributed by atoms with van der Waals surface area (Å²) in [5.41, 5.74) is -0.0387. The van der Waals surface area contributed by atoms with Crippen molar-refractivity contribution in [2.75, 3.05) is 25.0 Å². The molecule has 1 aliphatic heterocycles. The molecule has 2 amide bonds. The van der Waals surface area contributed by atoms with Crippen LogP contribution in [0.3, 0.4) is 0 Å².